The van der Waals surface area contributed by atoms with Gasteiger partial charge in [-0.2, -0.15) is 0 Å². The Morgan fingerprint density at radius 3 is 2.48 bits per heavy atom. The molecule has 0 N–H and O–H groups in total. The van der Waals surface area contributed by atoms with Crippen molar-refractivity contribution in [1.82, 2.24) is 5.16 Å². The average molecular weight is 344 g/mol. The summed E-state index contributed by atoms with van der Waals surface area (Å²) >= 11 is 3.55. The first-order chi connectivity index (χ1) is 10.3. The van der Waals surface area contributed by atoms with Crippen molar-refractivity contribution in [1.29, 1.82) is 0 Å². The Bertz CT molecular complexity index is 715. The van der Waals surface area contributed by atoms with Crippen LogP contribution in [0.3, 0.4) is 0 Å². The van der Waals surface area contributed by atoms with Crippen molar-refractivity contribution in [2.45, 2.75) is 32.1 Å². The summed E-state index contributed by atoms with van der Waals surface area (Å²) in [5.41, 5.74) is 3.57. The molecule has 2 nitrogen and oxygen atoms in total. The van der Waals surface area contributed by atoms with Gasteiger partial charge in [-0.1, -0.05) is 26.7 Å². The highest BCUT2D eigenvalue weighted by Crippen LogP contribution is 2.56. The fourth-order valence-electron chi connectivity index (χ4n) is 5.16. The summed E-state index contributed by atoms with van der Waals surface area (Å²) in [6.07, 6.45) is 9.51. The second kappa shape index (κ2) is 4.45. The lowest BCUT2D eigenvalue weighted by Gasteiger charge is -2.51. The van der Waals surface area contributed by atoms with Gasteiger partial charge >= 0.3 is 0 Å². The van der Waals surface area contributed by atoms with Crippen molar-refractivity contribution in [3.05, 3.63) is 33.9 Å². The number of hydrogen-bond donors (Lipinski definition) is 0. The van der Waals surface area contributed by atoms with E-state index in [1.165, 1.54) is 32.1 Å². The lowest BCUT2D eigenvalue weighted by Crippen LogP contribution is -2.40. The van der Waals surface area contributed by atoms with Gasteiger partial charge in [0.2, 0.25) is 0 Å². The summed E-state index contributed by atoms with van der Waals surface area (Å²) in [6, 6.07) is 6.12. The minimum absolute atomic E-state index is 0.820. The van der Waals surface area contributed by atoms with E-state index >= 15 is 0 Å². The van der Waals surface area contributed by atoms with E-state index in [0.717, 1.165) is 44.8 Å². The molecule has 0 atom stereocenters. The molecule has 4 fully saturated rings. The van der Waals surface area contributed by atoms with Crippen molar-refractivity contribution in [3.63, 3.8) is 0 Å². The molecular weight excluding hydrogens is 326 g/mol. The number of rotatable bonds is 1. The molecule has 4 aliphatic carbocycles. The first-order valence-electron chi connectivity index (χ1n) is 8.02. The van der Waals surface area contributed by atoms with Gasteiger partial charge in [-0.25, -0.2) is 0 Å². The lowest BCUT2D eigenvalue weighted by atomic mass is 9.54. The number of halogens is 1. The molecule has 0 aliphatic heterocycles. The Hall–Kier alpha value is -1.09. The fourth-order valence-corrected chi connectivity index (χ4v) is 5.52. The molecule has 2 aromatic rings. The van der Waals surface area contributed by atoms with Gasteiger partial charge in [-0.15, -0.1) is 0 Å². The van der Waals surface area contributed by atoms with Crippen molar-refractivity contribution >= 4 is 33.0 Å². The zero-order chi connectivity index (χ0) is 14.0. The SMILES string of the molecule is Brc1ccc2onc(C=C3C4CC5CC(C4)CC3C5)c2c1. The van der Waals surface area contributed by atoms with Crippen LogP contribution in [0.1, 0.15) is 37.8 Å². The molecule has 4 aliphatic rings. The van der Waals surface area contributed by atoms with E-state index in [4.69, 9.17) is 4.52 Å². The summed E-state index contributed by atoms with van der Waals surface area (Å²) in [4.78, 5) is 0. The molecule has 1 aromatic carbocycles. The third kappa shape index (κ3) is 1.93. The molecule has 0 amide bonds. The lowest BCUT2D eigenvalue weighted by molar-refractivity contribution is 0.0710. The number of fused-ring (bicyclic) bond motifs is 1. The fraction of sp³-hybridized carbons (Fsp3) is 0.500. The smallest absolute Gasteiger partial charge is 0.167 e. The van der Waals surface area contributed by atoms with E-state index in [0.29, 0.717) is 0 Å². The highest BCUT2D eigenvalue weighted by molar-refractivity contribution is 9.10. The van der Waals surface area contributed by atoms with E-state index in [9.17, 15) is 0 Å². The van der Waals surface area contributed by atoms with E-state index in [-0.39, 0.29) is 0 Å². The number of benzene rings is 1. The van der Waals surface area contributed by atoms with Crippen LogP contribution in [0.15, 0.2) is 32.8 Å². The number of allylic oxidation sites excluding steroid dienone is 1. The minimum atomic E-state index is 0.820. The molecule has 4 saturated carbocycles. The van der Waals surface area contributed by atoms with Gasteiger partial charge in [0.15, 0.2) is 5.58 Å². The number of hydrogen-bond acceptors (Lipinski definition) is 2. The third-order valence-corrected chi connectivity index (χ3v) is 6.34. The first kappa shape index (κ1) is 12.5. The van der Waals surface area contributed by atoms with Crippen LogP contribution in [-0.4, -0.2) is 5.16 Å². The Morgan fingerprint density at radius 1 is 1.05 bits per heavy atom. The molecule has 0 spiro atoms. The largest absolute Gasteiger partial charge is 0.356 e. The van der Waals surface area contributed by atoms with E-state index in [1.54, 1.807) is 5.57 Å². The molecule has 1 aromatic heterocycles. The first-order valence-corrected chi connectivity index (χ1v) is 8.82. The van der Waals surface area contributed by atoms with E-state index in [2.05, 4.69) is 33.2 Å². The van der Waals surface area contributed by atoms with Gasteiger partial charge in [0.1, 0.15) is 5.69 Å². The third-order valence-electron chi connectivity index (χ3n) is 5.84. The normalized spacial score (nSPS) is 33.9. The monoisotopic (exact) mass is 343 g/mol. The number of aromatic nitrogens is 1. The standard InChI is InChI=1S/C18H18BrNO/c19-14-1-2-18-16(8-14)17(20-21-18)9-15-12-4-10-3-11(6-12)7-13(15)5-10/h1-2,8-13H,3-7H2. The summed E-state index contributed by atoms with van der Waals surface area (Å²) in [5.74, 6) is 3.65. The molecule has 4 bridgehead atoms. The highest BCUT2D eigenvalue weighted by atomic mass is 79.9. The van der Waals surface area contributed by atoms with Crippen LogP contribution in [0.5, 0.6) is 0 Å². The van der Waals surface area contributed by atoms with Crippen molar-refractivity contribution in [2.24, 2.45) is 23.7 Å². The Balaban J connectivity index is 1.59. The summed E-state index contributed by atoms with van der Waals surface area (Å²) in [5, 5.41) is 5.45. The van der Waals surface area contributed by atoms with Gasteiger partial charge in [0.05, 0.1) is 5.39 Å². The van der Waals surface area contributed by atoms with Crippen LogP contribution >= 0.6 is 15.9 Å². The molecule has 108 valence electrons. The summed E-state index contributed by atoms with van der Waals surface area (Å²) in [7, 11) is 0. The van der Waals surface area contributed by atoms with E-state index in [1.807, 2.05) is 12.1 Å². The Morgan fingerprint density at radius 2 is 1.76 bits per heavy atom. The number of nitrogens with zero attached hydrogens (tertiary/aromatic N) is 1. The van der Waals surface area contributed by atoms with Crippen LogP contribution in [0.25, 0.3) is 17.0 Å². The molecule has 21 heavy (non-hydrogen) atoms. The summed E-state index contributed by atoms with van der Waals surface area (Å²) in [6.45, 7) is 0. The maximum atomic E-state index is 5.48. The van der Waals surface area contributed by atoms with Crippen molar-refractivity contribution in [3.8, 4) is 0 Å². The summed E-state index contributed by atoms with van der Waals surface area (Å²) < 4.78 is 6.57. The van der Waals surface area contributed by atoms with Crippen LogP contribution in [0, 0.1) is 23.7 Å². The zero-order valence-electron chi connectivity index (χ0n) is 11.9. The van der Waals surface area contributed by atoms with Crippen molar-refractivity contribution in [2.75, 3.05) is 0 Å². The average Bonchev–Trinajstić information content (AvgIpc) is 2.84. The van der Waals surface area contributed by atoms with Crippen LogP contribution < -0.4 is 0 Å². The maximum Gasteiger partial charge on any atom is 0.167 e. The molecular formula is C18H18BrNO. The molecule has 0 radical (unpaired) electrons. The molecule has 0 unspecified atom stereocenters. The Labute approximate surface area is 132 Å². The van der Waals surface area contributed by atoms with Gasteiger partial charge in [0, 0.05) is 4.47 Å². The molecule has 6 rings (SSSR count). The molecule has 3 heteroatoms. The predicted octanol–water partition coefficient (Wildman–Crippen LogP) is 5.43. The second-order valence-corrected chi connectivity index (χ2v) is 8.07. The molecule has 1 heterocycles. The topological polar surface area (TPSA) is 26.0 Å². The predicted molar refractivity (Wildman–Crippen MR) is 86.7 cm³/mol. The second-order valence-electron chi connectivity index (χ2n) is 7.16. The highest BCUT2D eigenvalue weighted by Gasteiger charge is 2.45. The molecule has 0 saturated heterocycles. The zero-order valence-corrected chi connectivity index (χ0v) is 13.5. The van der Waals surface area contributed by atoms with Crippen LogP contribution in [0.2, 0.25) is 0 Å². The minimum Gasteiger partial charge on any atom is -0.356 e. The van der Waals surface area contributed by atoms with Gasteiger partial charge in [0.25, 0.3) is 0 Å². The van der Waals surface area contributed by atoms with Crippen LogP contribution in [-0.2, 0) is 0 Å². The Kier molecular flexibility index (Phi) is 2.64. The quantitative estimate of drug-likeness (QED) is 0.689. The van der Waals surface area contributed by atoms with Crippen molar-refractivity contribution < 1.29 is 4.52 Å². The van der Waals surface area contributed by atoms with Gasteiger partial charge in [-0.05, 0) is 80.1 Å². The maximum absolute atomic E-state index is 5.48. The van der Waals surface area contributed by atoms with Crippen LogP contribution in [0.4, 0.5) is 0 Å². The van der Waals surface area contributed by atoms with E-state index < -0.39 is 0 Å². The van der Waals surface area contributed by atoms with Gasteiger partial charge < -0.3 is 4.52 Å². The van der Waals surface area contributed by atoms with Gasteiger partial charge in [-0.3, -0.25) is 0 Å².